The van der Waals surface area contributed by atoms with E-state index >= 15 is 0 Å². The van der Waals surface area contributed by atoms with E-state index in [4.69, 9.17) is 4.74 Å². The van der Waals surface area contributed by atoms with Crippen LogP contribution in [-0.4, -0.2) is 21.9 Å². The monoisotopic (exact) mass is 348 g/mol. The minimum atomic E-state index is -0.232. The van der Waals surface area contributed by atoms with Gasteiger partial charge in [0.25, 0.3) is 5.91 Å². The second kappa shape index (κ2) is 8.11. The quantitative estimate of drug-likeness (QED) is 0.548. The topological polar surface area (TPSA) is 68.5 Å². The Balaban J connectivity index is 1.57. The highest BCUT2D eigenvalue weighted by molar-refractivity contribution is 5.82. The van der Waals surface area contributed by atoms with E-state index < -0.39 is 0 Å². The van der Waals surface area contributed by atoms with Crippen LogP contribution in [0.1, 0.15) is 17.0 Å². The van der Waals surface area contributed by atoms with Crippen molar-refractivity contribution >= 4 is 12.1 Å². The number of benzene rings is 2. The molecule has 0 aliphatic heterocycles. The maximum Gasteiger partial charge on any atom is 0.261 e. The number of carbonyl (C=O) groups is 1. The molecule has 1 heterocycles. The van der Waals surface area contributed by atoms with Crippen LogP contribution in [0.25, 0.3) is 0 Å². The minimum absolute atomic E-state index is 0.133. The number of hydrazone groups is 1. The molecule has 0 saturated carbocycles. The number of aryl methyl sites for hydroxylation is 2. The van der Waals surface area contributed by atoms with E-state index in [0.717, 1.165) is 22.7 Å². The molecule has 0 saturated heterocycles. The summed E-state index contributed by atoms with van der Waals surface area (Å²) in [6.07, 6.45) is 1.58. The fraction of sp³-hybridized carbons (Fsp3) is 0.150. The Labute approximate surface area is 152 Å². The maximum atomic E-state index is 12.0. The van der Waals surface area contributed by atoms with Gasteiger partial charge in [0.2, 0.25) is 0 Å². The van der Waals surface area contributed by atoms with E-state index in [9.17, 15) is 4.79 Å². The Morgan fingerprint density at radius 1 is 1.12 bits per heavy atom. The highest BCUT2D eigenvalue weighted by Crippen LogP contribution is 2.21. The van der Waals surface area contributed by atoms with E-state index in [-0.39, 0.29) is 12.5 Å². The summed E-state index contributed by atoms with van der Waals surface area (Å²) in [6, 6.07) is 18.9. The Hall–Kier alpha value is -3.41. The first-order valence-corrected chi connectivity index (χ1v) is 8.26. The van der Waals surface area contributed by atoms with Gasteiger partial charge in [0.1, 0.15) is 18.0 Å². The zero-order valence-corrected chi connectivity index (χ0v) is 14.7. The first-order valence-electron chi connectivity index (χ1n) is 8.26. The predicted molar refractivity (Wildman–Crippen MR) is 100 cm³/mol. The van der Waals surface area contributed by atoms with Gasteiger partial charge in [0.15, 0.2) is 0 Å². The number of nitrogens with zero attached hydrogens (tertiary/aromatic N) is 3. The van der Waals surface area contributed by atoms with Crippen LogP contribution >= 0.6 is 0 Å². The maximum absolute atomic E-state index is 12.0. The van der Waals surface area contributed by atoms with Gasteiger partial charge in [-0.25, -0.2) is 5.43 Å². The van der Waals surface area contributed by atoms with E-state index in [0.29, 0.717) is 5.75 Å². The molecule has 3 rings (SSSR count). The number of carbonyl (C=O) groups excluding carboxylic acids is 1. The van der Waals surface area contributed by atoms with Crippen LogP contribution < -0.4 is 10.2 Å². The zero-order valence-electron chi connectivity index (χ0n) is 14.7. The number of amides is 1. The number of nitrogens with one attached hydrogen (secondary N) is 1. The SMILES string of the molecule is Cc1cc(C)n(CC(=O)NN=Cc2cccc(Oc3ccccc3)c2)n1. The summed E-state index contributed by atoms with van der Waals surface area (Å²) in [5.74, 6) is 1.23. The summed E-state index contributed by atoms with van der Waals surface area (Å²) < 4.78 is 7.43. The molecule has 132 valence electrons. The van der Waals surface area contributed by atoms with Crippen molar-refractivity contribution in [2.45, 2.75) is 20.4 Å². The average Bonchev–Trinajstić information content (AvgIpc) is 2.93. The average molecular weight is 348 g/mol. The molecule has 6 heteroatoms. The molecule has 0 bridgehead atoms. The molecule has 26 heavy (non-hydrogen) atoms. The summed E-state index contributed by atoms with van der Waals surface area (Å²) in [5.41, 5.74) is 5.16. The molecular formula is C20H20N4O2. The number of aromatic nitrogens is 2. The van der Waals surface area contributed by atoms with Crippen LogP contribution in [-0.2, 0) is 11.3 Å². The molecule has 0 atom stereocenters. The first kappa shape index (κ1) is 17.4. The third-order valence-electron chi connectivity index (χ3n) is 3.64. The smallest absolute Gasteiger partial charge is 0.261 e. The van der Waals surface area contributed by atoms with Crippen LogP contribution in [0.5, 0.6) is 11.5 Å². The van der Waals surface area contributed by atoms with Crippen molar-refractivity contribution in [3.63, 3.8) is 0 Å². The lowest BCUT2D eigenvalue weighted by Gasteiger charge is -2.06. The lowest BCUT2D eigenvalue weighted by Crippen LogP contribution is -2.24. The number of para-hydroxylation sites is 1. The molecular weight excluding hydrogens is 328 g/mol. The molecule has 0 radical (unpaired) electrons. The third kappa shape index (κ3) is 4.80. The Bertz CT molecular complexity index is 917. The van der Waals surface area contributed by atoms with Crippen LogP contribution in [0.4, 0.5) is 0 Å². The van der Waals surface area contributed by atoms with Crippen LogP contribution in [0, 0.1) is 13.8 Å². The van der Waals surface area contributed by atoms with Gasteiger partial charge in [0.05, 0.1) is 11.9 Å². The molecule has 0 aliphatic carbocycles. The second-order valence-electron chi connectivity index (χ2n) is 5.87. The summed E-state index contributed by atoms with van der Waals surface area (Å²) >= 11 is 0. The van der Waals surface area contributed by atoms with E-state index in [2.05, 4.69) is 15.6 Å². The van der Waals surface area contributed by atoms with Gasteiger partial charge in [-0.05, 0) is 49.7 Å². The van der Waals surface area contributed by atoms with Crippen LogP contribution in [0.3, 0.4) is 0 Å². The van der Waals surface area contributed by atoms with Crippen molar-refractivity contribution in [3.05, 3.63) is 77.6 Å². The van der Waals surface area contributed by atoms with Crippen molar-refractivity contribution in [2.24, 2.45) is 5.10 Å². The number of rotatable bonds is 6. The molecule has 2 aromatic carbocycles. The summed E-state index contributed by atoms with van der Waals surface area (Å²) in [4.78, 5) is 12.0. The van der Waals surface area contributed by atoms with Crippen molar-refractivity contribution in [1.29, 1.82) is 0 Å². The summed E-state index contributed by atoms with van der Waals surface area (Å²) in [6.45, 7) is 3.94. The van der Waals surface area contributed by atoms with Crippen LogP contribution in [0.2, 0.25) is 0 Å². The van der Waals surface area contributed by atoms with Crippen molar-refractivity contribution < 1.29 is 9.53 Å². The molecule has 0 unspecified atom stereocenters. The summed E-state index contributed by atoms with van der Waals surface area (Å²) in [5, 5.41) is 8.26. The lowest BCUT2D eigenvalue weighted by molar-refractivity contribution is -0.121. The molecule has 6 nitrogen and oxygen atoms in total. The Morgan fingerprint density at radius 2 is 1.88 bits per heavy atom. The van der Waals surface area contributed by atoms with Crippen molar-refractivity contribution in [2.75, 3.05) is 0 Å². The number of ether oxygens (including phenoxy) is 1. The first-order chi connectivity index (χ1) is 12.6. The van der Waals surface area contributed by atoms with E-state index in [1.165, 1.54) is 0 Å². The largest absolute Gasteiger partial charge is 0.457 e. The van der Waals surface area contributed by atoms with Gasteiger partial charge in [-0.2, -0.15) is 10.2 Å². The molecule has 0 fully saturated rings. The van der Waals surface area contributed by atoms with E-state index in [1.807, 2.05) is 74.5 Å². The Kier molecular flexibility index (Phi) is 5.43. The molecule has 1 N–H and O–H groups in total. The van der Waals surface area contributed by atoms with Crippen molar-refractivity contribution in [3.8, 4) is 11.5 Å². The predicted octanol–water partition coefficient (Wildman–Crippen LogP) is 3.44. The van der Waals surface area contributed by atoms with Gasteiger partial charge in [-0.15, -0.1) is 0 Å². The molecule has 1 aromatic heterocycles. The Morgan fingerprint density at radius 3 is 2.62 bits per heavy atom. The van der Waals surface area contributed by atoms with Gasteiger partial charge in [-0.3, -0.25) is 9.48 Å². The molecule has 0 aliphatic rings. The molecule has 0 spiro atoms. The standard InChI is InChI=1S/C20H20N4O2/c1-15-11-16(2)24(23-15)14-20(25)22-21-13-17-7-6-10-19(12-17)26-18-8-4-3-5-9-18/h3-13H,14H2,1-2H3,(H,22,25). The van der Waals surface area contributed by atoms with Gasteiger partial charge in [-0.1, -0.05) is 30.3 Å². The van der Waals surface area contributed by atoms with Gasteiger partial charge in [0, 0.05) is 5.69 Å². The van der Waals surface area contributed by atoms with Crippen molar-refractivity contribution in [1.82, 2.24) is 15.2 Å². The molecule has 3 aromatic rings. The number of hydrogen-bond donors (Lipinski definition) is 1. The normalized spacial score (nSPS) is 10.8. The lowest BCUT2D eigenvalue weighted by atomic mass is 10.2. The third-order valence-corrected chi connectivity index (χ3v) is 3.64. The fourth-order valence-corrected chi connectivity index (χ4v) is 2.47. The highest BCUT2D eigenvalue weighted by atomic mass is 16.5. The molecule has 1 amide bonds. The summed E-state index contributed by atoms with van der Waals surface area (Å²) in [7, 11) is 0. The highest BCUT2D eigenvalue weighted by Gasteiger charge is 2.06. The fourth-order valence-electron chi connectivity index (χ4n) is 2.47. The van der Waals surface area contributed by atoms with Gasteiger partial charge >= 0.3 is 0 Å². The minimum Gasteiger partial charge on any atom is -0.457 e. The number of hydrogen-bond acceptors (Lipinski definition) is 4. The zero-order chi connectivity index (χ0) is 18.4. The van der Waals surface area contributed by atoms with Crippen LogP contribution in [0.15, 0.2) is 65.8 Å². The van der Waals surface area contributed by atoms with Gasteiger partial charge < -0.3 is 4.74 Å². The second-order valence-corrected chi connectivity index (χ2v) is 5.87. The van der Waals surface area contributed by atoms with E-state index in [1.54, 1.807) is 10.9 Å².